The second kappa shape index (κ2) is 4.74. The fraction of sp³-hybridized carbons (Fsp3) is 0.462. The number of aromatic nitrogens is 1. The number of hydrogen-bond donors (Lipinski definition) is 2. The minimum Gasteiger partial charge on any atom is -0.399 e. The van der Waals surface area contributed by atoms with E-state index in [1.807, 2.05) is 18.2 Å². The third-order valence-corrected chi connectivity index (χ3v) is 4.55. The van der Waals surface area contributed by atoms with Gasteiger partial charge in [-0.2, -0.15) is 0 Å². The quantitative estimate of drug-likeness (QED) is 0.830. The molecule has 0 amide bonds. The summed E-state index contributed by atoms with van der Waals surface area (Å²) >= 11 is 1.72. The molecule has 1 saturated heterocycles. The molecule has 96 valence electrons. The topological polar surface area (TPSA) is 54.2 Å². The zero-order chi connectivity index (χ0) is 12.5. The molecular formula is C13H18N4S. The maximum absolute atomic E-state index is 5.80. The number of thiazole rings is 1. The molecule has 0 aliphatic carbocycles. The predicted molar refractivity (Wildman–Crippen MR) is 78.3 cm³/mol. The van der Waals surface area contributed by atoms with Crippen LogP contribution < -0.4 is 16.0 Å². The number of nitrogens with one attached hydrogen (secondary N) is 1. The molecule has 1 aromatic carbocycles. The van der Waals surface area contributed by atoms with Crippen molar-refractivity contribution >= 4 is 32.4 Å². The number of nitrogen functional groups attached to an aromatic ring is 1. The van der Waals surface area contributed by atoms with Crippen molar-refractivity contribution in [1.29, 1.82) is 0 Å². The van der Waals surface area contributed by atoms with Crippen molar-refractivity contribution in [2.75, 3.05) is 37.3 Å². The van der Waals surface area contributed by atoms with Gasteiger partial charge in [0.25, 0.3) is 0 Å². The standard InChI is InChI=1S/C13H18N4S/c1-17(8-9-4-5-15-7-9)13-16-11-3-2-10(14)6-12(11)18-13/h2-3,6,9,15H,4-5,7-8,14H2,1H3. The monoisotopic (exact) mass is 262 g/mol. The van der Waals surface area contributed by atoms with Crippen molar-refractivity contribution in [2.24, 2.45) is 5.92 Å². The number of rotatable bonds is 3. The Morgan fingerprint density at radius 1 is 1.56 bits per heavy atom. The smallest absolute Gasteiger partial charge is 0.186 e. The zero-order valence-corrected chi connectivity index (χ0v) is 11.3. The molecule has 18 heavy (non-hydrogen) atoms. The Labute approximate surface area is 111 Å². The lowest BCUT2D eigenvalue weighted by molar-refractivity contribution is 0.578. The third kappa shape index (κ3) is 2.28. The Hall–Kier alpha value is -1.33. The highest BCUT2D eigenvalue weighted by Crippen LogP contribution is 2.30. The summed E-state index contributed by atoms with van der Waals surface area (Å²) in [7, 11) is 2.12. The highest BCUT2D eigenvalue weighted by molar-refractivity contribution is 7.22. The van der Waals surface area contributed by atoms with E-state index >= 15 is 0 Å². The first kappa shape index (κ1) is 11.7. The van der Waals surface area contributed by atoms with Crippen LogP contribution in [0.1, 0.15) is 6.42 Å². The Morgan fingerprint density at radius 2 is 2.44 bits per heavy atom. The predicted octanol–water partition coefficient (Wildman–Crippen LogP) is 1.92. The minimum atomic E-state index is 0.743. The van der Waals surface area contributed by atoms with Crippen LogP contribution >= 0.6 is 11.3 Å². The van der Waals surface area contributed by atoms with Gasteiger partial charge in [-0.1, -0.05) is 11.3 Å². The fourth-order valence-corrected chi connectivity index (χ4v) is 3.41. The van der Waals surface area contributed by atoms with Crippen molar-refractivity contribution in [3.63, 3.8) is 0 Å². The molecule has 2 heterocycles. The Balaban J connectivity index is 1.80. The number of benzene rings is 1. The van der Waals surface area contributed by atoms with E-state index in [9.17, 15) is 0 Å². The highest BCUT2D eigenvalue weighted by Gasteiger charge is 2.18. The second-order valence-corrected chi connectivity index (χ2v) is 5.97. The SMILES string of the molecule is CN(CC1CCNC1)c1nc2ccc(N)cc2s1. The summed E-state index contributed by atoms with van der Waals surface area (Å²) in [6, 6.07) is 5.91. The van der Waals surface area contributed by atoms with Gasteiger partial charge >= 0.3 is 0 Å². The largest absolute Gasteiger partial charge is 0.399 e. The summed E-state index contributed by atoms with van der Waals surface area (Å²) in [5.41, 5.74) is 7.65. The average Bonchev–Trinajstić information content (AvgIpc) is 2.96. The maximum Gasteiger partial charge on any atom is 0.186 e. The second-order valence-electron chi connectivity index (χ2n) is 4.96. The molecule has 3 N–H and O–H groups in total. The minimum absolute atomic E-state index is 0.743. The first-order chi connectivity index (χ1) is 8.72. The summed E-state index contributed by atoms with van der Waals surface area (Å²) < 4.78 is 1.17. The zero-order valence-electron chi connectivity index (χ0n) is 10.5. The lowest BCUT2D eigenvalue weighted by Gasteiger charge is -2.19. The van der Waals surface area contributed by atoms with Gasteiger partial charge < -0.3 is 16.0 Å². The number of anilines is 2. The Morgan fingerprint density at radius 3 is 3.22 bits per heavy atom. The molecule has 3 rings (SSSR count). The number of hydrogen-bond acceptors (Lipinski definition) is 5. The molecule has 0 bridgehead atoms. The molecule has 1 unspecified atom stereocenters. The van der Waals surface area contributed by atoms with Crippen molar-refractivity contribution in [3.05, 3.63) is 18.2 Å². The van der Waals surface area contributed by atoms with Gasteiger partial charge in [0.05, 0.1) is 10.2 Å². The van der Waals surface area contributed by atoms with E-state index in [0.29, 0.717) is 0 Å². The van der Waals surface area contributed by atoms with Crippen LogP contribution in [0.25, 0.3) is 10.2 Å². The fourth-order valence-electron chi connectivity index (χ4n) is 2.43. The molecule has 1 aliphatic heterocycles. The summed E-state index contributed by atoms with van der Waals surface area (Å²) in [6.45, 7) is 3.35. The Kier molecular flexibility index (Phi) is 3.09. The summed E-state index contributed by atoms with van der Waals surface area (Å²) in [5, 5.41) is 4.49. The van der Waals surface area contributed by atoms with Crippen LogP contribution in [0.2, 0.25) is 0 Å². The summed E-state index contributed by atoms with van der Waals surface area (Å²) in [4.78, 5) is 6.93. The van der Waals surface area contributed by atoms with E-state index in [-0.39, 0.29) is 0 Å². The highest BCUT2D eigenvalue weighted by atomic mass is 32.1. The summed E-state index contributed by atoms with van der Waals surface area (Å²) in [6.07, 6.45) is 1.27. The van der Waals surface area contributed by atoms with Crippen LogP contribution in [0, 0.1) is 5.92 Å². The maximum atomic E-state index is 5.80. The van der Waals surface area contributed by atoms with Crippen molar-refractivity contribution in [3.8, 4) is 0 Å². The van der Waals surface area contributed by atoms with Gasteiger partial charge in [-0.3, -0.25) is 0 Å². The van der Waals surface area contributed by atoms with Gasteiger partial charge in [-0.25, -0.2) is 4.98 Å². The van der Waals surface area contributed by atoms with Crippen LogP contribution in [0.5, 0.6) is 0 Å². The number of nitrogens with two attached hydrogens (primary N) is 1. The van der Waals surface area contributed by atoms with E-state index in [0.717, 1.165) is 41.9 Å². The van der Waals surface area contributed by atoms with E-state index in [4.69, 9.17) is 5.73 Å². The molecule has 1 fully saturated rings. The Bertz CT molecular complexity index is 545. The van der Waals surface area contributed by atoms with E-state index in [1.165, 1.54) is 11.1 Å². The molecule has 1 aliphatic rings. The van der Waals surface area contributed by atoms with Gasteiger partial charge in [-0.15, -0.1) is 0 Å². The van der Waals surface area contributed by atoms with Crippen LogP contribution in [-0.2, 0) is 0 Å². The van der Waals surface area contributed by atoms with E-state index in [2.05, 4.69) is 22.2 Å². The molecule has 5 heteroatoms. The molecule has 2 aromatic rings. The van der Waals surface area contributed by atoms with Crippen molar-refractivity contribution in [2.45, 2.75) is 6.42 Å². The number of nitrogens with zero attached hydrogens (tertiary/aromatic N) is 2. The van der Waals surface area contributed by atoms with Crippen molar-refractivity contribution in [1.82, 2.24) is 10.3 Å². The molecule has 0 saturated carbocycles. The molecule has 0 radical (unpaired) electrons. The van der Waals surface area contributed by atoms with Crippen LogP contribution in [0.3, 0.4) is 0 Å². The van der Waals surface area contributed by atoms with Gasteiger partial charge in [0.1, 0.15) is 0 Å². The molecule has 0 spiro atoms. The normalized spacial score (nSPS) is 19.5. The number of fused-ring (bicyclic) bond motifs is 1. The summed E-state index contributed by atoms with van der Waals surface area (Å²) in [5.74, 6) is 0.743. The van der Waals surface area contributed by atoms with Crippen LogP contribution in [-0.4, -0.2) is 31.7 Å². The van der Waals surface area contributed by atoms with Gasteiger partial charge in [0, 0.05) is 19.3 Å². The van der Waals surface area contributed by atoms with Crippen molar-refractivity contribution < 1.29 is 0 Å². The van der Waals surface area contributed by atoms with E-state index < -0.39 is 0 Å². The first-order valence-electron chi connectivity index (χ1n) is 6.30. The molecule has 4 nitrogen and oxygen atoms in total. The van der Waals surface area contributed by atoms with Gasteiger partial charge in [0.2, 0.25) is 0 Å². The lowest BCUT2D eigenvalue weighted by atomic mass is 10.1. The third-order valence-electron chi connectivity index (χ3n) is 3.42. The van der Waals surface area contributed by atoms with Crippen LogP contribution in [0.4, 0.5) is 10.8 Å². The van der Waals surface area contributed by atoms with Crippen LogP contribution in [0.15, 0.2) is 18.2 Å². The average molecular weight is 262 g/mol. The van der Waals surface area contributed by atoms with E-state index in [1.54, 1.807) is 11.3 Å². The molecule has 1 aromatic heterocycles. The molecular weight excluding hydrogens is 244 g/mol. The lowest BCUT2D eigenvalue weighted by Crippen LogP contribution is -2.26. The van der Waals surface area contributed by atoms with Gasteiger partial charge in [-0.05, 0) is 43.6 Å². The van der Waals surface area contributed by atoms with Gasteiger partial charge in [0.15, 0.2) is 5.13 Å². The first-order valence-corrected chi connectivity index (χ1v) is 7.12. The molecule has 1 atom stereocenters.